The van der Waals surface area contributed by atoms with Crippen molar-refractivity contribution in [2.45, 2.75) is 78.1 Å². The van der Waals surface area contributed by atoms with Crippen molar-refractivity contribution in [3.63, 3.8) is 0 Å². The largest absolute Gasteiger partial charge is 0.466 e. The number of hydrogen-bond acceptors (Lipinski definition) is 5. The molecule has 2 saturated carbocycles. The van der Waals surface area contributed by atoms with Crippen molar-refractivity contribution in [3.05, 3.63) is 0 Å². The number of ether oxygens (including phenoxy) is 1. The lowest BCUT2D eigenvalue weighted by atomic mass is 9.52. The molecule has 2 aliphatic carbocycles. The Morgan fingerprint density at radius 1 is 1.07 bits per heavy atom. The summed E-state index contributed by atoms with van der Waals surface area (Å²) >= 11 is 0. The molecule has 0 amide bonds. The van der Waals surface area contributed by atoms with E-state index in [0.717, 1.165) is 77.4 Å². The molecule has 2 rings (SSSR count). The number of carbonyl (C=O) groups is 1. The minimum absolute atomic E-state index is 0.0189. The molecule has 0 radical (unpaired) electrons. The second-order valence-electron chi connectivity index (χ2n) is 9.11. The lowest BCUT2D eigenvalue weighted by Crippen LogP contribution is -2.47. The first-order valence-electron chi connectivity index (χ1n) is 11.1. The average Bonchev–Trinajstić information content (AvgIpc) is 2.68. The van der Waals surface area contributed by atoms with Crippen LogP contribution in [0.1, 0.15) is 78.1 Å². The molecule has 158 valence electrons. The first kappa shape index (κ1) is 22.6. The van der Waals surface area contributed by atoms with Gasteiger partial charge in [-0.1, -0.05) is 20.3 Å². The summed E-state index contributed by atoms with van der Waals surface area (Å²) in [6.45, 7) is 8.27. The highest BCUT2D eigenvalue weighted by atomic mass is 16.5. The Morgan fingerprint density at radius 2 is 1.70 bits per heavy atom. The standard InChI is InChI=1S/C22H41NO4/c1-3-23(4-2)12-5-9-20(26)27-13-6-8-19-14-21(17-24)10-7-11-22(15-19,16-21)18-25/h19,24-25H,3-18H2,1-2H3. The summed E-state index contributed by atoms with van der Waals surface area (Å²) in [6.07, 6.45) is 9.66. The van der Waals surface area contributed by atoms with Crippen molar-refractivity contribution >= 4 is 5.97 Å². The van der Waals surface area contributed by atoms with Crippen LogP contribution in [0, 0.1) is 16.7 Å². The predicted octanol–water partition coefficient (Wildman–Crippen LogP) is 3.37. The van der Waals surface area contributed by atoms with Crippen LogP contribution in [0.4, 0.5) is 0 Å². The Morgan fingerprint density at radius 3 is 2.26 bits per heavy atom. The zero-order valence-corrected chi connectivity index (χ0v) is 17.5. The fourth-order valence-corrected chi connectivity index (χ4v) is 5.68. The highest BCUT2D eigenvalue weighted by molar-refractivity contribution is 5.69. The van der Waals surface area contributed by atoms with E-state index in [1.807, 2.05) is 0 Å². The smallest absolute Gasteiger partial charge is 0.305 e. The van der Waals surface area contributed by atoms with E-state index in [-0.39, 0.29) is 30.0 Å². The number of hydrogen-bond donors (Lipinski definition) is 2. The van der Waals surface area contributed by atoms with Gasteiger partial charge in [0, 0.05) is 19.6 Å². The molecule has 0 spiro atoms. The molecular formula is C22H41NO4. The summed E-state index contributed by atoms with van der Waals surface area (Å²) in [7, 11) is 0. The quantitative estimate of drug-likeness (QED) is 0.399. The summed E-state index contributed by atoms with van der Waals surface area (Å²) in [5.74, 6) is 0.445. The van der Waals surface area contributed by atoms with Crippen LogP contribution >= 0.6 is 0 Å². The van der Waals surface area contributed by atoms with E-state index in [4.69, 9.17) is 4.74 Å². The monoisotopic (exact) mass is 383 g/mol. The Labute approximate surface area is 165 Å². The normalized spacial score (nSPS) is 30.5. The van der Waals surface area contributed by atoms with Gasteiger partial charge in [0.2, 0.25) is 0 Å². The molecule has 5 nitrogen and oxygen atoms in total. The third-order valence-corrected chi connectivity index (χ3v) is 7.05. The molecule has 0 heterocycles. The van der Waals surface area contributed by atoms with Gasteiger partial charge < -0.3 is 19.8 Å². The summed E-state index contributed by atoms with van der Waals surface area (Å²) in [6, 6.07) is 0. The number of rotatable bonds is 12. The third-order valence-electron chi connectivity index (χ3n) is 7.05. The SMILES string of the molecule is CCN(CC)CCCC(=O)OCCCC1CC2(CO)CCCC(CO)(C1)C2. The molecule has 0 aliphatic heterocycles. The van der Waals surface area contributed by atoms with Gasteiger partial charge in [-0.25, -0.2) is 0 Å². The van der Waals surface area contributed by atoms with Crippen molar-refractivity contribution in [2.75, 3.05) is 39.5 Å². The molecule has 0 aromatic heterocycles. The van der Waals surface area contributed by atoms with Gasteiger partial charge in [-0.3, -0.25) is 4.79 Å². The Kier molecular flexibility index (Phi) is 9.03. The number of carbonyl (C=O) groups excluding carboxylic acids is 1. The van der Waals surface area contributed by atoms with Crippen LogP contribution in [0.15, 0.2) is 0 Å². The minimum Gasteiger partial charge on any atom is -0.466 e. The number of nitrogens with zero attached hydrogens (tertiary/aromatic N) is 1. The molecule has 27 heavy (non-hydrogen) atoms. The zero-order chi connectivity index (χ0) is 19.8. The molecule has 0 saturated heterocycles. The van der Waals surface area contributed by atoms with Crippen LogP contribution in [0.5, 0.6) is 0 Å². The van der Waals surface area contributed by atoms with Gasteiger partial charge in [0.05, 0.1) is 6.61 Å². The van der Waals surface area contributed by atoms with E-state index in [9.17, 15) is 15.0 Å². The van der Waals surface area contributed by atoms with E-state index >= 15 is 0 Å². The number of esters is 1. The van der Waals surface area contributed by atoms with E-state index in [1.54, 1.807) is 0 Å². The lowest BCUT2D eigenvalue weighted by Gasteiger charge is -2.54. The Balaban J connectivity index is 1.67. The second-order valence-corrected chi connectivity index (χ2v) is 9.11. The highest BCUT2D eigenvalue weighted by Crippen LogP contribution is 2.57. The fraction of sp³-hybridized carbons (Fsp3) is 0.955. The van der Waals surface area contributed by atoms with Gasteiger partial charge in [0.15, 0.2) is 0 Å². The molecule has 0 aromatic carbocycles. The van der Waals surface area contributed by atoms with Crippen LogP contribution in [-0.2, 0) is 9.53 Å². The van der Waals surface area contributed by atoms with Gasteiger partial charge in [0.25, 0.3) is 0 Å². The molecule has 2 N–H and O–H groups in total. The molecular weight excluding hydrogens is 342 g/mol. The molecule has 2 fully saturated rings. The summed E-state index contributed by atoms with van der Waals surface area (Å²) < 4.78 is 5.42. The van der Waals surface area contributed by atoms with Gasteiger partial charge >= 0.3 is 5.97 Å². The number of fused-ring (bicyclic) bond motifs is 2. The topological polar surface area (TPSA) is 70.0 Å². The molecule has 2 unspecified atom stereocenters. The maximum atomic E-state index is 11.9. The van der Waals surface area contributed by atoms with Crippen molar-refractivity contribution in [1.82, 2.24) is 4.90 Å². The van der Waals surface area contributed by atoms with Gasteiger partial charge in [0.1, 0.15) is 0 Å². The first-order chi connectivity index (χ1) is 13.0. The Bertz CT molecular complexity index is 434. The predicted molar refractivity (Wildman–Crippen MR) is 107 cm³/mol. The summed E-state index contributed by atoms with van der Waals surface area (Å²) in [5.41, 5.74) is 0.0377. The van der Waals surface area contributed by atoms with Crippen LogP contribution in [0.25, 0.3) is 0 Å². The Hall–Kier alpha value is -0.650. The minimum atomic E-state index is -0.0821. The molecule has 5 heteroatoms. The maximum absolute atomic E-state index is 11.9. The summed E-state index contributed by atoms with van der Waals surface area (Å²) in [5, 5.41) is 19.9. The maximum Gasteiger partial charge on any atom is 0.305 e. The fourth-order valence-electron chi connectivity index (χ4n) is 5.68. The van der Waals surface area contributed by atoms with E-state index in [2.05, 4.69) is 18.7 Å². The van der Waals surface area contributed by atoms with E-state index in [1.165, 1.54) is 0 Å². The molecule has 0 aromatic rings. The second kappa shape index (κ2) is 10.8. The molecule has 2 aliphatic rings. The highest BCUT2D eigenvalue weighted by Gasteiger charge is 2.50. The molecule has 2 bridgehead atoms. The van der Waals surface area contributed by atoms with Crippen molar-refractivity contribution in [1.29, 1.82) is 0 Å². The van der Waals surface area contributed by atoms with Gasteiger partial charge in [-0.05, 0) is 87.7 Å². The number of aliphatic hydroxyl groups excluding tert-OH is 2. The van der Waals surface area contributed by atoms with Crippen LogP contribution in [0.3, 0.4) is 0 Å². The van der Waals surface area contributed by atoms with E-state index < -0.39 is 0 Å². The number of aliphatic hydroxyl groups is 2. The van der Waals surface area contributed by atoms with Crippen molar-refractivity contribution in [3.8, 4) is 0 Å². The van der Waals surface area contributed by atoms with Crippen LogP contribution in [-0.4, -0.2) is 60.5 Å². The average molecular weight is 384 g/mol. The van der Waals surface area contributed by atoms with Crippen LogP contribution in [0.2, 0.25) is 0 Å². The third kappa shape index (κ3) is 6.43. The lowest BCUT2D eigenvalue weighted by molar-refractivity contribution is -0.144. The van der Waals surface area contributed by atoms with Gasteiger partial charge in [-0.2, -0.15) is 0 Å². The molecule has 2 atom stereocenters. The summed E-state index contributed by atoms with van der Waals surface area (Å²) in [4.78, 5) is 14.2. The first-order valence-corrected chi connectivity index (χ1v) is 11.1. The van der Waals surface area contributed by atoms with Crippen molar-refractivity contribution < 1.29 is 19.7 Å². The van der Waals surface area contributed by atoms with Gasteiger partial charge in [-0.15, -0.1) is 0 Å². The van der Waals surface area contributed by atoms with E-state index in [0.29, 0.717) is 18.9 Å². The van der Waals surface area contributed by atoms with Crippen LogP contribution < -0.4 is 0 Å². The van der Waals surface area contributed by atoms with Crippen molar-refractivity contribution in [2.24, 2.45) is 16.7 Å². The zero-order valence-electron chi connectivity index (χ0n) is 17.5.